The molecular weight excluding hydrogens is 290 g/mol. The van der Waals surface area contributed by atoms with Crippen molar-refractivity contribution in [2.24, 2.45) is 0 Å². The van der Waals surface area contributed by atoms with Gasteiger partial charge in [-0.1, -0.05) is 30.0 Å². The van der Waals surface area contributed by atoms with Gasteiger partial charge in [-0.2, -0.15) is 0 Å². The fourth-order valence-corrected chi connectivity index (χ4v) is 2.44. The third-order valence-electron chi connectivity index (χ3n) is 3.77. The summed E-state index contributed by atoms with van der Waals surface area (Å²) in [5.41, 5.74) is -0.367. The molecule has 1 aromatic rings. The van der Waals surface area contributed by atoms with Gasteiger partial charge in [0, 0.05) is 25.1 Å². The number of hydrogen-bond acceptors (Lipinski definition) is 3. The standard InChI is InChI=1S/C19H25NO3/c1-18(2,3)23-17(21)20-14-12-19(22,13-15-20)11-7-10-16-8-5-4-6-9-16/h4-6,8-9,22H,11-15H2,1-3H3. The normalized spacial score (nSPS) is 17.1. The van der Waals surface area contributed by atoms with Gasteiger partial charge in [-0.25, -0.2) is 4.79 Å². The molecule has 1 aromatic carbocycles. The summed E-state index contributed by atoms with van der Waals surface area (Å²) < 4.78 is 5.36. The lowest BCUT2D eigenvalue weighted by Gasteiger charge is -2.37. The monoisotopic (exact) mass is 315 g/mol. The first-order valence-electron chi connectivity index (χ1n) is 8.02. The first kappa shape index (κ1) is 17.4. The molecule has 0 aliphatic carbocycles. The van der Waals surface area contributed by atoms with Crippen LogP contribution in [0.5, 0.6) is 0 Å². The van der Waals surface area contributed by atoms with Crippen molar-refractivity contribution < 1.29 is 14.6 Å². The molecule has 1 fully saturated rings. The maximum atomic E-state index is 12.0. The van der Waals surface area contributed by atoms with Crippen molar-refractivity contribution >= 4 is 6.09 Å². The van der Waals surface area contributed by atoms with E-state index in [4.69, 9.17) is 4.74 Å². The summed E-state index contributed by atoms with van der Waals surface area (Å²) in [5.74, 6) is 6.13. The minimum absolute atomic E-state index is 0.310. The van der Waals surface area contributed by atoms with Crippen LogP contribution in [0, 0.1) is 11.8 Å². The number of ether oxygens (including phenoxy) is 1. The van der Waals surface area contributed by atoms with E-state index in [2.05, 4.69) is 11.8 Å². The Bertz CT molecular complexity index is 585. The largest absolute Gasteiger partial charge is 0.444 e. The van der Waals surface area contributed by atoms with Gasteiger partial charge < -0.3 is 14.7 Å². The molecule has 1 N–H and O–H groups in total. The molecular formula is C19H25NO3. The van der Waals surface area contributed by atoms with E-state index >= 15 is 0 Å². The molecule has 0 bridgehead atoms. The maximum Gasteiger partial charge on any atom is 0.410 e. The zero-order valence-electron chi connectivity index (χ0n) is 14.1. The molecule has 1 amide bonds. The Kier molecular flexibility index (Phi) is 5.33. The summed E-state index contributed by atoms with van der Waals surface area (Å²) in [5, 5.41) is 10.6. The van der Waals surface area contributed by atoms with Crippen LogP contribution >= 0.6 is 0 Å². The van der Waals surface area contributed by atoms with Crippen molar-refractivity contribution in [3.05, 3.63) is 35.9 Å². The van der Waals surface area contributed by atoms with Crippen LogP contribution in [-0.2, 0) is 4.74 Å². The molecule has 4 heteroatoms. The summed E-state index contributed by atoms with van der Waals surface area (Å²) in [6.07, 6.45) is 1.16. The van der Waals surface area contributed by atoms with E-state index in [9.17, 15) is 9.90 Å². The van der Waals surface area contributed by atoms with Crippen LogP contribution < -0.4 is 0 Å². The van der Waals surface area contributed by atoms with Gasteiger partial charge in [-0.15, -0.1) is 0 Å². The molecule has 0 atom stereocenters. The lowest BCUT2D eigenvalue weighted by atomic mass is 9.88. The van der Waals surface area contributed by atoms with E-state index < -0.39 is 11.2 Å². The molecule has 4 nitrogen and oxygen atoms in total. The summed E-state index contributed by atoms with van der Waals surface area (Å²) >= 11 is 0. The molecule has 1 saturated heterocycles. The van der Waals surface area contributed by atoms with Crippen LogP contribution in [0.3, 0.4) is 0 Å². The van der Waals surface area contributed by atoms with Gasteiger partial charge in [0.2, 0.25) is 0 Å². The lowest BCUT2D eigenvalue weighted by Crippen LogP contribution is -2.47. The van der Waals surface area contributed by atoms with Crippen LogP contribution in [0.4, 0.5) is 4.79 Å². The van der Waals surface area contributed by atoms with Gasteiger partial charge in [0.1, 0.15) is 5.60 Å². The Morgan fingerprint density at radius 2 is 1.87 bits per heavy atom. The van der Waals surface area contributed by atoms with E-state index in [-0.39, 0.29) is 6.09 Å². The minimum Gasteiger partial charge on any atom is -0.444 e. The minimum atomic E-state index is -0.819. The molecule has 1 heterocycles. The van der Waals surface area contributed by atoms with Crippen molar-refractivity contribution in [2.75, 3.05) is 13.1 Å². The second-order valence-electron chi connectivity index (χ2n) is 7.04. The number of amides is 1. The molecule has 0 radical (unpaired) electrons. The number of likely N-dealkylation sites (tertiary alicyclic amines) is 1. The number of aliphatic hydroxyl groups is 1. The van der Waals surface area contributed by atoms with E-state index in [0.29, 0.717) is 32.4 Å². The Morgan fingerprint density at radius 3 is 2.43 bits per heavy atom. The average Bonchev–Trinajstić information content (AvgIpc) is 2.47. The van der Waals surface area contributed by atoms with Gasteiger partial charge in [-0.05, 0) is 45.7 Å². The quantitative estimate of drug-likeness (QED) is 0.810. The number of nitrogens with zero attached hydrogens (tertiary/aromatic N) is 1. The van der Waals surface area contributed by atoms with Gasteiger partial charge >= 0.3 is 6.09 Å². The number of carbonyl (C=O) groups is 1. The first-order valence-corrected chi connectivity index (χ1v) is 8.02. The number of hydrogen-bond donors (Lipinski definition) is 1. The highest BCUT2D eigenvalue weighted by atomic mass is 16.6. The maximum absolute atomic E-state index is 12.0. The molecule has 0 spiro atoms. The predicted octanol–water partition coefficient (Wildman–Crippen LogP) is 3.19. The highest BCUT2D eigenvalue weighted by Crippen LogP contribution is 2.26. The van der Waals surface area contributed by atoms with Crippen LogP contribution in [0.25, 0.3) is 0 Å². The zero-order chi connectivity index (χ0) is 16.9. The van der Waals surface area contributed by atoms with Crippen LogP contribution in [-0.4, -0.2) is 40.4 Å². The predicted molar refractivity (Wildman–Crippen MR) is 89.9 cm³/mol. The van der Waals surface area contributed by atoms with Crippen molar-refractivity contribution in [2.45, 2.75) is 51.2 Å². The smallest absolute Gasteiger partial charge is 0.410 e. The molecule has 0 unspecified atom stereocenters. The molecule has 124 valence electrons. The highest BCUT2D eigenvalue weighted by molar-refractivity contribution is 5.68. The Balaban J connectivity index is 1.85. The summed E-state index contributed by atoms with van der Waals surface area (Å²) in [4.78, 5) is 13.7. The SMILES string of the molecule is CC(C)(C)OC(=O)N1CCC(O)(CC#Cc2ccccc2)CC1. The van der Waals surface area contributed by atoms with E-state index in [1.165, 1.54) is 0 Å². The van der Waals surface area contributed by atoms with Gasteiger partial charge in [0.25, 0.3) is 0 Å². The topological polar surface area (TPSA) is 49.8 Å². The number of benzene rings is 1. The molecule has 1 aliphatic rings. The Labute approximate surface area is 138 Å². The average molecular weight is 315 g/mol. The first-order chi connectivity index (χ1) is 10.8. The summed E-state index contributed by atoms with van der Waals surface area (Å²) in [6, 6.07) is 9.73. The second-order valence-corrected chi connectivity index (χ2v) is 7.04. The Hall–Kier alpha value is -1.99. The molecule has 0 saturated carbocycles. The van der Waals surface area contributed by atoms with Gasteiger partial charge in [0.15, 0.2) is 0 Å². The Morgan fingerprint density at radius 1 is 1.26 bits per heavy atom. The third-order valence-corrected chi connectivity index (χ3v) is 3.77. The van der Waals surface area contributed by atoms with Crippen LogP contribution in [0.15, 0.2) is 30.3 Å². The fraction of sp³-hybridized carbons (Fsp3) is 0.526. The van der Waals surface area contributed by atoms with Gasteiger partial charge in [0.05, 0.1) is 5.60 Å². The van der Waals surface area contributed by atoms with E-state index in [1.54, 1.807) is 4.90 Å². The van der Waals surface area contributed by atoms with Crippen LogP contribution in [0.1, 0.15) is 45.6 Å². The van der Waals surface area contributed by atoms with Gasteiger partial charge in [-0.3, -0.25) is 0 Å². The third kappa shape index (κ3) is 5.61. The summed E-state index contributed by atoms with van der Waals surface area (Å²) in [7, 11) is 0. The molecule has 0 aromatic heterocycles. The number of piperidine rings is 1. The fourth-order valence-electron chi connectivity index (χ4n) is 2.44. The number of rotatable bonds is 1. The summed E-state index contributed by atoms with van der Waals surface area (Å²) in [6.45, 7) is 6.55. The van der Waals surface area contributed by atoms with Crippen molar-refractivity contribution in [3.63, 3.8) is 0 Å². The molecule has 2 rings (SSSR count). The van der Waals surface area contributed by atoms with Crippen LogP contribution in [0.2, 0.25) is 0 Å². The van der Waals surface area contributed by atoms with Crippen molar-refractivity contribution in [3.8, 4) is 11.8 Å². The second kappa shape index (κ2) is 7.06. The van der Waals surface area contributed by atoms with Crippen molar-refractivity contribution in [1.82, 2.24) is 4.90 Å². The van der Waals surface area contributed by atoms with E-state index in [1.807, 2.05) is 51.1 Å². The molecule has 23 heavy (non-hydrogen) atoms. The number of carbonyl (C=O) groups excluding carboxylic acids is 1. The molecule has 1 aliphatic heterocycles. The highest BCUT2D eigenvalue weighted by Gasteiger charge is 2.34. The zero-order valence-corrected chi connectivity index (χ0v) is 14.1. The lowest BCUT2D eigenvalue weighted by molar-refractivity contribution is -0.0289. The van der Waals surface area contributed by atoms with E-state index in [0.717, 1.165) is 5.56 Å². The van der Waals surface area contributed by atoms with Crippen molar-refractivity contribution in [1.29, 1.82) is 0 Å².